The van der Waals surface area contributed by atoms with Crippen molar-refractivity contribution in [1.29, 1.82) is 0 Å². The molecule has 4 nitrogen and oxygen atoms in total. The maximum atomic E-state index is 10.6. The van der Waals surface area contributed by atoms with Crippen LogP contribution in [0.1, 0.15) is 10.4 Å². The molecule has 0 amide bonds. The quantitative estimate of drug-likeness (QED) is 0.761. The van der Waals surface area contributed by atoms with E-state index in [0.717, 1.165) is 0 Å². The number of carbonyl (C=O) groups is 1. The van der Waals surface area contributed by atoms with Gasteiger partial charge >= 0.3 is 0 Å². The Kier molecular flexibility index (Phi) is 3.25. The zero-order chi connectivity index (χ0) is 9.84. The SMILES string of the molecule is COc1nc(OC)c(C=O)cc1Br. The van der Waals surface area contributed by atoms with Gasteiger partial charge in [-0.05, 0) is 22.0 Å². The summed E-state index contributed by atoms with van der Waals surface area (Å²) in [4.78, 5) is 14.5. The standard InChI is InChI=1S/C8H8BrNO3/c1-12-7-5(4-11)3-6(9)8(10-7)13-2/h3-4H,1-2H3. The fourth-order valence-electron chi connectivity index (χ4n) is 0.861. The van der Waals surface area contributed by atoms with Crippen molar-refractivity contribution in [2.75, 3.05) is 14.2 Å². The van der Waals surface area contributed by atoms with Crippen LogP contribution < -0.4 is 9.47 Å². The minimum atomic E-state index is 0.259. The van der Waals surface area contributed by atoms with Gasteiger partial charge in [-0.25, -0.2) is 0 Å². The maximum Gasteiger partial charge on any atom is 0.231 e. The third-order valence-electron chi connectivity index (χ3n) is 1.45. The molecule has 0 saturated carbocycles. The number of ether oxygens (including phenoxy) is 2. The fourth-order valence-corrected chi connectivity index (χ4v) is 1.36. The number of aldehydes is 1. The summed E-state index contributed by atoms with van der Waals surface area (Å²) in [7, 11) is 2.94. The van der Waals surface area contributed by atoms with Crippen LogP contribution >= 0.6 is 15.9 Å². The molecule has 1 aromatic rings. The lowest BCUT2D eigenvalue weighted by Crippen LogP contribution is -1.97. The van der Waals surface area contributed by atoms with Crippen molar-refractivity contribution in [2.45, 2.75) is 0 Å². The third kappa shape index (κ3) is 1.98. The Bertz CT molecular complexity index is 327. The summed E-state index contributed by atoms with van der Waals surface area (Å²) < 4.78 is 10.4. The average Bonchev–Trinajstić information content (AvgIpc) is 2.17. The van der Waals surface area contributed by atoms with Gasteiger partial charge in [-0.2, -0.15) is 4.98 Å². The molecule has 0 N–H and O–H groups in total. The van der Waals surface area contributed by atoms with Gasteiger partial charge in [0.15, 0.2) is 6.29 Å². The van der Waals surface area contributed by atoms with Gasteiger partial charge in [0.1, 0.15) is 0 Å². The predicted octanol–water partition coefficient (Wildman–Crippen LogP) is 1.67. The van der Waals surface area contributed by atoms with E-state index in [1.54, 1.807) is 6.07 Å². The summed E-state index contributed by atoms with van der Waals surface area (Å²) >= 11 is 3.21. The van der Waals surface area contributed by atoms with E-state index in [9.17, 15) is 4.79 Å². The summed E-state index contributed by atoms with van der Waals surface area (Å²) in [5.41, 5.74) is 0.384. The van der Waals surface area contributed by atoms with Crippen LogP contribution in [0.5, 0.6) is 11.8 Å². The number of nitrogens with zero attached hydrogens (tertiary/aromatic N) is 1. The number of carbonyl (C=O) groups excluding carboxylic acids is 1. The second-order valence-electron chi connectivity index (χ2n) is 2.20. The molecule has 0 radical (unpaired) electrons. The summed E-state index contributed by atoms with van der Waals surface area (Å²) in [6.07, 6.45) is 0.677. The van der Waals surface area contributed by atoms with Crippen molar-refractivity contribution in [3.05, 3.63) is 16.1 Å². The molecular formula is C8H8BrNO3. The number of pyridine rings is 1. The summed E-state index contributed by atoms with van der Waals surface area (Å²) in [5.74, 6) is 0.650. The van der Waals surface area contributed by atoms with Gasteiger partial charge < -0.3 is 9.47 Å². The minimum absolute atomic E-state index is 0.259. The van der Waals surface area contributed by atoms with Gasteiger partial charge in [-0.3, -0.25) is 4.79 Å². The number of halogens is 1. The van der Waals surface area contributed by atoms with Crippen LogP contribution in [0.25, 0.3) is 0 Å². The lowest BCUT2D eigenvalue weighted by molar-refractivity contribution is 0.111. The van der Waals surface area contributed by atoms with Crippen LogP contribution in [0.2, 0.25) is 0 Å². The van der Waals surface area contributed by atoms with E-state index in [0.29, 0.717) is 22.2 Å². The summed E-state index contributed by atoms with van der Waals surface area (Å²) in [6, 6.07) is 1.59. The molecule has 0 aromatic carbocycles. The first-order valence-corrected chi connectivity index (χ1v) is 4.26. The first-order valence-electron chi connectivity index (χ1n) is 3.46. The molecule has 0 bridgehead atoms. The molecule has 13 heavy (non-hydrogen) atoms. The van der Waals surface area contributed by atoms with Crippen molar-refractivity contribution in [3.63, 3.8) is 0 Å². The lowest BCUT2D eigenvalue weighted by Gasteiger charge is -2.06. The van der Waals surface area contributed by atoms with E-state index in [1.165, 1.54) is 14.2 Å². The molecule has 0 fully saturated rings. The second-order valence-corrected chi connectivity index (χ2v) is 3.05. The lowest BCUT2D eigenvalue weighted by atomic mass is 10.3. The largest absolute Gasteiger partial charge is 0.480 e. The molecule has 1 rings (SSSR count). The maximum absolute atomic E-state index is 10.6. The Morgan fingerprint density at radius 2 is 2.00 bits per heavy atom. The van der Waals surface area contributed by atoms with Crippen LogP contribution in [0, 0.1) is 0 Å². The fraction of sp³-hybridized carbons (Fsp3) is 0.250. The zero-order valence-electron chi connectivity index (χ0n) is 7.20. The molecule has 70 valence electrons. The van der Waals surface area contributed by atoms with Gasteiger partial charge in [0, 0.05) is 0 Å². The highest BCUT2D eigenvalue weighted by atomic mass is 79.9. The van der Waals surface area contributed by atoms with Crippen molar-refractivity contribution >= 4 is 22.2 Å². The number of aromatic nitrogens is 1. The number of methoxy groups -OCH3 is 2. The zero-order valence-corrected chi connectivity index (χ0v) is 8.79. The first-order chi connectivity index (χ1) is 6.22. The highest BCUT2D eigenvalue weighted by Crippen LogP contribution is 2.27. The van der Waals surface area contributed by atoms with Gasteiger partial charge in [-0.15, -0.1) is 0 Å². The molecule has 0 atom stereocenters. The molecule has 0 aliphatic carbocycles. The highest BCUT2D eigenvalue weighted by Gasteiger charge is 2.09. The van der Waals surface area contributed by atoms with Gasteiger partial charge in [-0.1, -0.05) is 0 Å². The Hall–Kier alpha value is -1.10. The van der Waals surface area contributed by atoms with Crippen molar-refractivity contribution in [1.82, 2.24) is 4.98 Å². The Morgan fingerprint density at radius 1 is 1.38 bits per heavy atom. The van der Waals surface area contributed by atoms with E-state index in [2.05, 4.69) is 20.9 Å². The third-order valence-corrected chi connectivity index (χ3v) is 2.02. The van der Waals surface area contributed by atoms with Gasteiger partial charge in [0.05, 0.1) is 24.3 Å². The molecule has 0 aliphatic rings. The molecule has 5 heteroatoms. The topological polar surface area (TPSA) is 48.4 Å². The number of rotatable bonds is 3. The normalized spacial score (nSPS) is 9.46. The van der Waals surface area contributed by atoms with E-state index in [-0.39, 0.29) is 5.88 Å². The highest BCUT2D eigenvalue weighted by molar-refractivity contribution is 9.10. The van der Waals surface area contributed by atoms with E-state index in [4.69, 9.17) is 9.47 Å². The Balaban J connectivity index is 3.26. The van der Waals surface area contributed by atoms with Gasteiger partial charge in [0.2, 0.25) is 11.8 Å². The van der Waals surface area contributed by atoms with Crippen molar-refractivity contribution < 1.29 is 14.3 Å². The van der Waals surface area contributed by atoms with Gasteiger partial charge in [0.25, 0.3) is 0 Å². The molecule has 0 aliphatic heterocycles. The first kappa shape index (κ1) is 9.98. The summed E-state index contributed by atoms with van der Waals surface area (Å²) in [6.45, 7) is 0. The van der Waals surface area contributed by atoms with Crippen LogP contribution in [0.3, 0.4) is 0 Å². The molecule has 0 unspecified atom stereocenters. The molecule has 0 spiro atoms. The smallest absolute Gasteiger partial charge is 0.231 e. The van der Waals surface area contributed by atoms with Crippen molar-refractivity contribution in [3.8, 4) is 11.8 Å². The molecule has 0 saturated heterocycles. The molecule has 1 heterocycles. The predicted molar refractivity (Wildman–Crippen MR) is 50.4 cm³/mol. The van der Waals surface area contributed by atoms with E-state index < -0.39 is 0 Å². The average molecular weight is 246 g/mol. The van der Waals surface area contributed by atoms with Crippen LogP contribution in [-0.4, -0.2) is 25.5 Å². The minimum Gasteiger partial charge on any atom is -0.480 e. The molecular weight excluding hydrogens is 238 g/mol. The van der Waals surface area contributed by atoms with E-state index >= 15 is 0 Å². The van der Waals surface area contributed by atoms with Crippen molar-refractivity contribution in [2.24, 2.45) is 0 Å². The second kappa shape index (κ2) is 4.23. The number of hydrogen-bond donors (Lipinski definition) is 0. The Labute approximate surface area is 84.0 Å². The monoisotopic (exact) mass is 245 g/mol. The Morgan fingerprint density at radius 3 is 2.46 bits per heavy atom. The summed E-state index contributed by atoms with van der Waals surface area (Å²) in [5, 5.41) is 0. The van der Waals surface area contributed by atoms with Crippen LogP contribution in [0.4, 0.5) is 0 Å². The van der Waals surface area contributed by atoms with E-state index in [1.807, 2.05) is 0 Å². The number of hydrogen-bond acceptors (Lipinski definition) is 4. The molecule has 1 aromatic heterocycles. The van der Waals surface area contributed by atoms with Crippen LogP contribution in [-0.2, 0) is 0 Å². The van der Waals surface area contributed by atoms with Crippen LogP contribution in [0.15, 0.2) is 10.5 Å².